The normalized spacial score (nSPS) is 16.0. The van der Waals surface area contributed by atoms with Crippen LogP contribution in [0, 0.1) is 0 Å². The summed E-state index contributed by atoms with van der Waals surface area (Å²) in [5.41, 5.74) is 0. The Morgan fingerprint density at radius 1 is 1.50 bits per heavy atom. The molecule has 1 aromatic rings. The summed E-state index contributed by atoms with van der Waals surface area (Å²) < 4.78 is 1.88. The number of nitrogens with one attached hydrogen (secondary N) is 1. The summed E-state index contributed by atoms with van der Waals surface area (Å²) in [6.45, 7) is 1.95. The maximum Gasteiger partial charge on any atom is 0.192 e. The average Bonchev–Trinajstić information content (AvgIpc) is 2.34. The van der Waals surface area contributed by atoms with Crippen LogP contribution in [0.1, 0.15) is 6.42 Å². The van der Waals surface area contributed by atoms with Gasteiger partial charge < -0.3 is 10.4 Å². The zero-order valence-corrected chi connectivity index (χ0v) is 5.67. The molecule has 2 N–H and O–H groups in total. The summed E-state index contributed by atoms with van der Waals surface area (Å²) in [4.78, 5) is 0. The van der Waals surface area contributed by atoms with Crippen molar-refractivity contribution >= 4 is 5.82 Å². The van der Waals surface area contributed by atoms with Gasteiger partial charge in [-0.15, -0.1) is 0 Å². The Bertz CT molecular complexity index is 242. The SMILES string of the molecule is Oc1ccc2n1CCCN2. The first-order chi connectivity index (χ1) is 4.88. The smallest absolute Gasteiger partial charge is 0.192 e. The van der Waals surface area contributed by atoms with Crippen LogP contribution < -0.4 is 5.32 Å². The fraction of sp³-hybridized carbons (Fsp3) is 0.429. The summed E-state index contributed by atoms with van der Waals surface area (Å²) in [6.07, 6.45) is 1.09. The molecule has 0 aliphatic carbocycles. The summed E-state index contributed by atoms with van der Waals surface area (Å²) >= 11 is 0. The first-order valence-electron chi connectivity index (χ1n) is 3.50. The van der Waals surface area contributed by atoms with Crippen molar-refractivity contribution in [1.29, 1.82) is 0 Å². The first kappa shape index (κ1) is 5.65. The molecular formula is C7H10N2O. The summed E-state index contributed by atoms with van der Waals surface area (Å²) in [7, 11) is 0. The third-order valence-electron chi connectivity index (χ3n) is 1.82. The van der Waals surface area contributed by atoms with Gasteiger partial charge in [0.25, 0.3) is 0 Å². The van der Waals surface area contributed by atoms with Crippen LogP contribution in [0.4, 0.5) is 5.82 Å². The van der Waals surface area contributed by atoms with Crippen molar-refractivity contribution in [2.45, 2.75) is 13.0 Å². The highest BCUT2D eigenvalue weighted by Crippen LogP contribution is 2.22. The van der Waals surface area contributed by atoms with Gasteiger partial charge in [-0.1, -0.05) is 0 Å². The molecule has 10 heavy (non-hydrogen) atoms. The number of hydrogen-bond acceptors (Lipinski definition) is 2. The lowest BCUT2D eigenvalue weighted by Crippen LogP contribution is -2.15. The minimum absolute atomic E-state index is 0.363. The fourth-order valence-electron chi connectivity index (χ4n) is 1.30. The second-order valence-corrected chi connectivity index (χ2v) is 2.51. The minimum Gasteiger partial charge on any atom is -0.494 e. The summed E-state index contributed by atoms with van der Waals surface area (Å²) in [5.74, 6) is 1.39. The molecule has 0 aromatic carbocycles. The lowest BCUT2D eigenvalue weighted by molar-refractivity contribution is 0.412. The van der Waals surface area contributed by atoms with Gasteiger partial charge in [0.05, 0.1) is 0 Å². The minimum atomic E-state index is 0.363. The predicted octanol–water partition coefficient (Wildman–Crippen LogP) is 1.01. The number of nitrogens with zero attached hydrogens (tertiary/aromatic N) is 1. The molecule has 54 valence electrons. The number of hydrogen-bond donors (Lipinski definition) is 2. The van der Waals surface area contributed by atoms with E-state index in [1.165, 1.54) is 0 Å². The van der Waals surface area contributed by atoms with Crippen molar-refractivity contribution in [1.82, 2.24) is 4.57 Å². The van der Waals surface area contributed by atoms with Crippen molar-refractivity contribution in [3.05, 3.63) is 12.1 Å². The molecule has 0 spiro atoms. The van der Waals surface area contributed by atoms with Crippen LogP contribution in [0.2, 0.25) is 0 Å². The van der Waals surface area contributed by atoms with Gasteiger partial charge in [0.1, 0.15) is 5.82 Å². The highest BCUT2D eigenvalue weighted by molar-refractivity contribution is 5.42. The number of anilines is 1. The fourth-order valence-corrected chi connectivity index (χ4v) is 1.30. The van der Waals surface area contributed by atoms with Crippen LogP contribution in [0.15, 0.2) is 12.1 Å². The van der Waals surface area contributed by atoms with E-state index in [4.69, 9.17) is 0 Å². The number of fused-ring (bicyclic) bond motifs is 1. The van der Waals surface area contributed by atoms with Crippen LogP contribution in [-0.4, -0.2) is 16.2 Å². The van der Waals surface area contributed by atoms with E-state index in [-0.39, 0.29) is 0 Å². The van der Waals surface area contributed by atoms with Crippen molar-refractivity contribution in [3.8, 4) is 5.88 Å². The molecule has 0 amide bonds. The third-order valence-corrected chi connectivity index (χ3v) is 1.82. The van der Waals surface area contributed by atoms with E-state index in [1.807, 2.05) is 10.6 Å². The molecule has 2 rings (SSSR count). The number of aromatic hydroxyl groups is 1. The van der Waals surface area contributed by atoms with Crippen LogP contribution in [0.5, 0.6) is 5.88 Å². The number of rotatable bonds is 0. The van der Waals surface area contributed by atoms with Crippen LogP contribution in [0.3, 0.4) is 0 Å². The monoisotopic (exact) mass is 138 g/mol. The molecule has 0 fully saturated rings. The predicted molar refractivity (Wildman–Crippen MR) is 39.2 cm³/mol. The lowest BCUT2D eigenvalue weighted by atomic mass is 10.3. The Balaban J connectivity index is 2.45. The summed E-state index contributed by atoms with van der Waals surface area (Å²) in [6, 6.07) is 3.61. The zero-order valence-electron chi connectivity index (χ0n) is 5.67. The Morgan fingerprint density at radius 2 is 2.40 bits per heavy atom. The molecule has 0 atom stereocenters. The van der Waals surface area contributed by atoms with Crippen molar-refractivity contribution in [2.75, 3.05) is 11.9 Å². The van der Waals surface area contributed by atoms with E-state index < -0.39 is 0 Å². The van der Waals surface area contributed by atoms with Crippen LogP contribution in [0.25, 0.3) is 0 Å². The van der Waals surface area contributed by atoms with E-state index >= 15 is 0 Å². The average molecular weight is 138 g/mol. The quantitative estimate of drug-likeness (QED) is 0.561. The second-order valence-electron chi connectivity index (χ2n) is 2.51. The van der Waals surface area contributed by atoms with Gasteiger partial charge in [-0.25, -0.2) is 0 Å². The molecule has 0 bridgehead atoms. The largest absolute Gasteiger partial charge is 0.494 e. The molecule has 1 aromatic heterocycles. The van der Waals surface area contributed by atoms with Crippen molar-refractivity contribution in [3.63, 3.8) is 0 Å². The Morgan fingerprint density at radius 3 is 3.20 bits per heavy atom. The van der Waals surface area contributed by atoms with Gasteiger partial charge >= 0.3 is 0 Å². The Labute approximate surface area is 59.3 Å². The topological polar surface area (TPSA) is 37.2 Å². The first-order valence-corrected chi connectivity index (χ1v) is 3.50. The van der Waals surface area contributed by atoms with Gasteiger partial charge in [0.15, 0.2) is 5.88 Å². The second kappa shape index (κ2) is 1.94. The molecular weight excluding hydrogens is 128 g/mol. The standard InChI is InChI=1S/C7H10N2O/c10-7-3-2-6-8-4-1-5-9(6)7/h2-3,8,10H,1,4-5H2. The van der Waals surface area contributed by atoms with E-state index in [1.54, 1.807) is 6.07 Å². The molecule has 0 saturated carbocycles. The van der Waals surface area contributed by atoms with Gasteiger partial charge in [-0.3, -0.25) is 4.57 Å². The van der Waals surface area contributed by atoms with E-state index in [0.29, 0.717) is 5.88 Å². The maximum absolute atomic E-state index is 9.22. The maximum atomic E-state index is 9.22. The van der Waals surface area contributed by atoms with Gasteiger partial charge in [-0.05, 0) is 12.5 Å². The molecule has 3 heteroatoms. The number of aromatic nitrogens is 1. The third kappa shape index (κ3) is 0.667. The molecule has 1 aliphatic heterocycles. The molecule has 0 saturated heterocycles. The highest BCUT2D eigenvalue weighted by Gasteiger charge is 2.09. The molecule has 2 heterocycles. The molecule has 1 aliphatic rings. The van der Waals surface area contributed by atoms with Crippen molar-refractivity contribution in [2.24, 2.45) is 0 Å². The molecule has 3 nitrogen and oxygen atoms in total. The Kier molecular flexibility index (Phi) is 1.09. The van der Waals surface area contributed by atoms with Gasteiger partial charge in [-0.2, -0.15) is 0 Å². The summed E-state index contributed by atoms with van der Waals surface area (Å²) in [5, 5.41) is 12.4. The molecule has 0 radical (unpaired) electrons. The van der Waals surface area contributed by atoms with E-state index in [9.17, 15) is 5.11 Å². The zero-order chi connectivity index (χ0) is 6.97. The highest BCUT2D eigenvalue weighted by atomic mass is 16.3. The van der Waals surface area contributed by atoms with Crippen LogP contribution >= 0.6 is 0 Å². The van der Waals surface area contributed by atoms with E-state index in [0.717, 1.165) is 25.3 Å². The Hall–Kier alpha value is -1.12. The molecule has 0 unspecified atom stereocenters. The van der Waals surface area contributed by atoms with Gasteiger partial charge in [0.2, 0.25) is 0 Å². The van der Waals surface area contributed by atoms with E-state index in [2.05, 4.69) is 5.32 Å². The van der Waals surface area contributed by atoms with Crippen molar-refractivity contribution < 1.29 is 5.11 Å². The van der Waals surface area contributed by atoms with Gasteiger partial charge in [0, 0.05) is 19.2 Å². The van der Waals surface area contributed by atoms with Crippen LogP contribution in [-0.2, 0) is 6.54 Å². The lowest BCUT2D eigenvalue weighted by Gasteiger charge is -2.17.